The summed E-state index contributed by atoms with van der Waals surface area (Å²) in [7, 11) is 0. The fraction of sp³-hybridized carbons (Fsp3) is 0.250. The first-order valence-corrected chi connectivity index (χ1v) is 7.06. The Bertz CT molecular complexity index is 721. The molecule has 1 unspecified atom stereocenters. The van der Waals surface area contributed by atoms with E-state index in [0.717, 1.165) is 5.92 Å². The van der Waals surface area contributed by atoms with Crippen molar-refractivity contribution >= 4 is 31.5 Å². The maximum Gasteiger partial charge on any atom is 0.0358 e. The maximum absolute atomic E-state index is 2.36. The molecule has 2 aromatic carbocycles. The van der Waals surface area contributed by atoms with E-state index in [0.29, 0.717) is 0 Å². The molecule has 1 heteroatoms. The first-order valence-electron chi connectivity index (χ1n) is 6.25. The maximum atomic E-state index is 2.36. The molecule has 1 atom stereocenters. The standard InChI is InChI=1S/C16H14S/c1-10-8-11-6-7-15-16(13(11)9-10)12-4-2-3-5-14(12)17-15/h2-7,10H,8-9H2,1H3. The third kappa shape index (κ3) is 1.29. The van der Waals surface area contributed by atoms with Gasteiger partial charge in [-0.1, -0.05) is 31.2 Å². The summed E-state index contributed by atoms with van der Waals surface area (Å²) in [6, 6.07) is 13.5. The van der Waals surface area contributed by atoms with Crippen LogP contribution in [0.1, 0.15) is 18.1 Å². The second-order valence-corrected chi connectivity index (χ2v) is 6.27. The van der Waals surface area contributed by atoms with Gasteiger partial charge in [0, 0.05) is 20.2 Å². The van der Waals surface area contributed by atoms with E-state index in [2.05, 4.69) is 43.3 Å². The van der Waals surface area contributed by atoms with E-state index in [9.17, 15) is 0 Å². The Morgan fingerprint density at radius 1 is 1.00 bits per heavy atom. The summed E-state index contributed by atoms with van der Waals surface area (Å²) in [6.07, 6.45) is 2.52. The second-order valence-electron chi connectivity index (χ2n) is 5.19. The molecule has 4 rings (SSSR count). The van der Waals surface area contributed by atoms with E-state index >= 15 is 0 Å². The van der Waals surface area contributed by atoms with Crippen LogP contribution in [-0.4, -0.2) is 0 Å². The highest BCUT2D eigenvalue weighted by Crippen LogP contribution is 2.40. The molecule has 0 saturated heterocycles. The van der Waals surface area contributed by atoms with Gasteiger partial charge in [0.15, 0.2) is 0 Å². The Morgan fingerprint density at radius 2 is 1.88 bits per heavy atom. The van der Waals surface area contributed by atoms with Crippen molar-refractivity contribution in [3.8, 4) is 0 Å². The Labute approximate surface area is 105 Å². The van der Waals surface area contributed by atoms with Crippen molar-refractivity contribution in [3.05, 3.63) is 47.5 Å². The van der Waals surface area contributed by atoms with Gasteiger partial charge in [0.1, 0.15) is 0 Å². The smallest absolute Gasteiger partial charge is 0.0358 e. The molecular weight excluding hydrogens is 224 g/mol. The van der Waals surface area contributed by atoms with E-state index in [4.69, 9.17) is 0 Å². The van der Waals surface area contributed by atoms with Gasteiger partial charge in [-0.3, -0.25) is 0 Å². The highest BCUT2D eigenvalue weighted by Gasteiger charge is 2.21. The summed E-state index contributed by atoms with van der Waals surface area (Å²) < 4.78 is 2.88. The number of fused-ring (bicyclic) bond motifs is 5. The van der Waals surface area contributed by atoms with Gasteiger partial charge in [-0.15, -0.1) is 11.3 Å². The van der Waals surface area contributed by atoms with Crippen LogP contribution in [0.15, 0.2) is 36.4 Å². The summed E-state index contributed by atoms with van der Waals surface area (Å²) in [5, 5.41) is 2.99. The molecule has 0 radical (unpaired) electrons. The van der Waals surface area contributed by atoms with E-state index in [-0.39, 0.29) is 0 Å². The van der Waals surface area contributed by atoms with Gasteiger partial charge in [0.2, 0.25) is 0 Å². The molecule has 0 spiro atoms. The Hall–Kier alpha value is -1.34. The second kappa shape index (κ2) is 3.33. The lowest BCUT2D eigenvalue weighted by atomic mass is 10.0. The molecule has 84 valence electrons. The molecule has 0 saturated carbocycles. The van der Waals surface area contributed by atoms with Crippen LogP contribution in [0, 0.1) is 5.92 Å². The van der Waals surface area contributed by atoms with E-state index in [1.165, 1.54) is 33.0 Å². The number of thiophene rings is 1. The molecule has 0 aliphatic heterocycles. The van der Waals surface area contributed by atoms with E-state index < -0.39 is 0 Å². The van der Waals surface area contributed by atoms with E-state index in [1.807, 2.05) is 11.3 Å². The van der Waals surface area contributed by atoms with Crippen LogP contribution >= 0.6 is 11.3 Å². The van der Waals surface area contributed by atoms with Crippen LogP contribution in [-0.2, 0) is 12.8 Å². The Balaban J connectivity index is 2.19. The van der Waals surface area contributed by atoms with Crippen LogP contribution in [0.2, 0.25) is 0 Å². The topological polar surface area (TPSA) is 0 Å². The van der Waals surface area contributed by atoms with Crippen molar-refractivity contribution < 1.29 is 0 Å². The molecule has 3 aromatic rings. The predicted octanol–water partition coefficient (Wildman–Crippen LogP) is 4.79. The monoisotopic (exact) mass is 238 g/mol. The summed E-state index contributed by atoms with van der Waals surface area (Å²) in [5.74, 6) is 0.814. The fourth-order valence-electron chi connectivity index (χ4n) is 3.15. The SMILES string of the molecule is CC1Cc2ccc3sc4ccccc4c3c2C1. The highest BCUT2D eigenvalue weighted by molar-refractivity contribution is 7.25. The molecule has 0 nitrogen and oxygen atoms in total. The third-order valence-electron chi connectivity index (χ3n) is 3.87. The normalized spacial score (nSPS) is 19.0. The molecule has 0 amide bonds. The van der Waals surface area contributed by atoms with Gasteiger partial charge in [0.05, 0.1) is 0 Å². The molecule has 1 aliphatic carbocycles. The van der Waals surface area contributed by atoms with E-state index in [1.54, 1.807) is 11.1 Å². The quantitative estimate of drug-likeness (QED) is 0.528. The zero-order valence-electron chi connectivity index (χ0n) is 9.86. The van der Waals surface area contributed by atoms with Crippen molar-refractivity contribution in [1.29, 1.82) is 0 Å². The zero-order chi connectivity index (χ0) is 11.4. The zero-order valence-corrected chi connectivity index (χ0v) is 10.7. The fourth-order valence-corrected chi connectivity index (χ4v) is 4.29. The van der Waals surface area contributed by atoms with Crippen LogP contribution in [0.4, 0.5) is 0 Å². The van der Waals surface area contributed by atoms with Gasteiger partial charge in [0.25, 0.3) is 0 Å². The molecular formula is C16H14S. The molecule has 1 aliphatic rings. The lowest BCUT2D eigenvalue weighted by molar-refractivity contribution is 0.628. The van der Waals surface area contributed by atoms with Crippen molar-refractivity contribution in [1.82, 2.24) is 0 Å². The van der Waals surface area contributed by atoms with Crippen LogP contribution < -0.4 is 0 Å². The minimum atomic E-state index is 0.814. The lowest BCUT2D eigenvalue weighted by Crippen LogP contribution is -1.89. The predicted molar refractivity (Wildman–Crippen MR) is 75.9 cm³/mol. The van der Waals surface area contributed by atoms with Crippen LogP contribution in [0.3, 0.4) is 0 Å². The summed E-state index contributed by atoms with van der Waals surface area (Å²) in [6.45, 7) is 2.36. The first-order chi connectivity index (χ1) is 8.33. The molecule has 0 N–H and O–H groups in total. The third-order valence-corrected chi connectivity index (χ3v) is 5.00. The molecule has 0 fully saturated rings. The van der Waals surface area contributed by atoms with Gasteiger partial charge in [-0.05, 0) is 42.0 Å². The summed E-state index contributed by atoms with van der Waals surface area (Å²) in [5.41, 5.74) is 3.20. The van der Waals surface area contributed by atoms with Gasteiger partial charge >= 0.3 is 0 Å². The Kier molecular flexibility index (Phi) is 1.89. The van der Waals surface area contributed by atoms with Crippen molar-refractivity contribution in [2.75, 3.05) is 0 Å². The highest BCUT2D eigenvalue weighted by atomic mass is 32.1. The lowest BCUT2D eigenvalue weighted by Gasteiger charge is -2.01. The summed E-state index contributed by atoms with van der Waals surface area (Å²) >= 11 is 1.93. The van der Waals surface area contributed by atoms with Crippen LogP contribution in [0.5, 0.6) is 0 Å². The average Bonchev–Trinajstić information content (AvgIpc) is 2.87. The molecule has 0 bridgehead atoms. The van der Waals surface area contributed by atoms with Gasteiger partial charge in [-0.2, -0.15) is 0 Å². The molecule has 17 heavy (non-hydrogen) atoms. The number of hydrogen-bond donors (Lipinski definition) is 0. The van der Waals surface area contributed by atoms with Crippen molar-refractivity contribution in [2.45, 2.75) is 19.8 Å². The van der Waals surface area contributed by atoms with Crippen molar-refractivity contribution in [3.63, 3.8) is 0 Å². The largest absolute Gasteiger partial charge is 0.135 e. The Morgan fingerprint density at radius 3 is 2.82 bits per heavy atom. The number of rotatable bonds is 0. The van der Waals surface area contributed by atoms with Gasteiger partial charge in [-0.25, -0.2) is 0 Å². The number of hydrogen-bond acceptors (Lipinski definition) is 1. The van der Waals surface area contributed by atoms with Crippen molar-refractivity contribution in [2.24, 2.45) is 5.92 Å². The van der Waals surface area contributed by atoms with Gasteiger partial charge < -0.3 is 0 Å². The van der Waals surface area contributed by atoms with Crippen LogP contribution in [0.25, 0.3) is 20.2 Å². The minimum absolute atomic E-state index is 0.814. The summed E-state index contributed by atoms with van der Waals surface area (Å²) in [4.78, 5) is 0. The molecule has 1 heterocycles. The number of benzene rings is 2. The average molecular weight is 238 g/mol. The minimum Gasteiger partial charge on any atom is -0.135 e. The molecule has 1 aromatic heterocycles. The first kappa shape index (κ1) is 9.67.